The van der Waals surface area contributed by atoms with Gasteiger partial charge in [0.1, 0.15) is 0 Å². The molecule has 4 rings (SSSR count). The molecule has 0 radical (unpaired) electrons. The number of anilines is 1. The highest BCUT2D eigenvalue weighted by Gasteiger charge is 2.14. The highest BCUT2D eigenvalue weighted by molar-refractivity contribution is 7.99. The van der Waals surface area contributed by atoms with Gasteiger partial charge in [-0.1, -0.05) is 17.8 Å². The summed E-state index contributed by atoms with van der Waals surface area (Å²) in [5, 5.41) is 5.46. The molecule has 0 aliphatic rings. The molecule has 156 valence electrons. The van der Waals surface area contributed by atoms with Crippen LogP contribution in [0.1, 0.15) is 32.6 Å². The van der Waals surface area contributed by atoms with Crippen LogP contribution in [-0.2, 0) is 0 Å². The van der Waals surface area contributed by atoms with Crippen molar-refractivity contribution in [2.24, 2.45) is 0 Å². The number of rotatable bonds is 5. The van der Waals surface area contributed by atoms with Crippen LogP contribution in [0.2, 0.25) is 0 Å². The van der Waals surface area contributed by atoms with E-state index in [9.17, 15) is 4.79 Å². The van der Waals surface area contributed by atoms with Crippen molar-refractivity contribution in [1.29, 1.82) is 0 Å². The van der Waals surface area contributed by atoms with Crippen LogP contribution in [0.4, 0.5) is 5.13 Å². The van der Waals surface area contributed by atoms with Gasteiger partial charge in [0.2, 0.25) is 0 Å². The molecule has 0 unspecified atom stereocenters. The number of carbonyl (C=O) groups excluding carboxylic acids is 1. The maximum Gasteiger partial charge on any atom is 0.257 e. The molecular formula is C25H23N3OS2. The predicted octanol–water partition coefficient (Wildman–Crippen LogP) is 6.84. The third-order valence-corrected chi connectivity index (χ3v) is 6.86. The van der Waals surface area contributed by atoms with E-state index in [4.69, 9.17) is 0 Å². The van der Waals surface area contributed by atoms with E-state index in [-0.39, 0.29) is 5.91 Å². The van der Waals surface area contributed by atoms with E-state index in [1.807, 2.05) is 5.38 Å². The molecular weight excluding hydrogens is 422 g/mol. The number of thiazole rings is 1. The summed E-state index contributed by atoms with van der Waals surface area (Å²) in [5.41, 5.74) is 7.51. The maximum atomic E-state index is 12.4. The van der Waals surface area contributed by atoms with Gasteiger partial charge >= 0.3 is 0 Å². The smallest absolute Gasteiger partial charge is 0.257 e. The highest BCUT2D eigenvalue weighted by Crippen LogP contribution is 2.36. The summed E-state index contributed by atoms with van der Waals surface area (Å²) in [5.74, 6) is -0.183. The second-order valence-electron chi connectivity index (χ2n) is 7.51. The molecule has 0 saturated carbocycles. The molecule has 0 saturated heterocycles. The molecule has 4 nitrogen and oxygen atoms in total. The van der Waals surface area contributed by atoms with E-state index in [1.54, 1.807) is 36.3 Å². The van der Waals surface area contributed by atoms with Crippen molar-refractivity contribution >= 4 is 34.1 Å². The van der Waals surface area contributed by atoms with E-state index in [1.165, 1.54) is 43.4 Å². The largest absolute Gasteiger partial charge is 0.298 e. The third-order valence-electron chi connectivity index (χ3n) is 5.14. The van der Waals surface area contributed by atoms with E-state index in [0.29, 0.717) is 10.7 Å². The molecule has 6 heteroatoms. The molecule has 0 spiro atoms. The number of nitrogens with one attached hydrogen (secondary N) is 1. The Morgan fingerprint density at radius 1 is 0.871 bits per heavy atom. The molecule has 31 heavy (non-hydrogen) atoms. The molecule has 2 heterocycles. The second kappa shape index (κ2) is 9.04. The van der Waals surface area contributed by atoms with E-state index >= 15 is 0 Å². The number of benzene rings is 2. The average molecular weight is 446 g/mol. The third kappa shape index (κ3) is 4.86. The molecule has 0 bridgehead atoms. The molecule has 4 aromatic rings. The number of hydrogen-bond acceptors (Lipinski definition) is 5. The van der Waals surface area contributed by atoms with Gasteiger partial charge in [-0.25, -0.2) is 4.98 Å². The van der Waals surface area contributed by atoms with Crippen LogP contribution in [0.3, 0.4) is 0 Å². The Labute approximate surface area is 190 Å². The standard InChI is InChI=1S/C25H23N3OS2/c1-15-5-6-20(11-16(15)2)31-21-12-17(3)23(18(4)13-21)22-14-30-25(27-22)28-24(29)19-7-9-26-10-8-19/h5-14H,1-4H3,(H,27,28,29). The normalized spacial score (nSPS) is 10.8. The number of pyridine rings is 1. The zero-order chi connectivity index (χ0) is 22.0. The van der Waals surface area contributed by atoms with E-state index in [2.05, 4.69) is 73.3 Å². The van der Waals surface area contributed by atoms with Crippen molar-refractivity contribution in [1.82, 2.24) is 9.97 Å². The number of amides is 1. The summed E-state index contributed by atoms with van der Waals surface area (Å²) < 4.78 is 0. The zero-order valence-electron chi connectivity index (χ0n) is 17.9. The van der Waals surface area contributed by atoms with E-state index < -0.39 is 0 Å². The van der Waals surface area contributed by atoms with Crippen molar-refractivity contribution in [2.45, 2.75) is 37.5 Å². The van der Waals surface area contributed by atoms with Crippen LogP contribution >= 0.6 is 23.1 Å². The number of carbonyl (C=O) groups is 1. The molecule has 2 aromatic carbocycles. The maximum absolute atomic E-state index is 12.4. The summed E-state index contributed by atoms with van der Waals surface area (Å²) in [7, 11) is 0. The van der Waals surface area contributed by atoms with Crippen LogP contribution in [0.25, 0.3) is 11.3 Å². The fourth-order valence-corrected chi connectivity index (χ4v) is 5.23. The summed E-state index contributed by atoms with van der Waals surface area (Å²) >= 11 is 3.20. The fourth-order valence-electron chi connectivity index (χ4n) is 3.42. The van der Waals surface area contributed by atoms with Crippen molar-refractivity contribution in [2.75, 3.05) is 5.32 Å². The average Bonchev–Trinajstić information content (AvgIpc) is 3.18. The van der Waals surface area contributed by atoms with Gasteiger partial charge in [-0.3, -0.25) is 15.1 Å². The predicted molar refractivity (Wildman–Crippen MR) is 129 cm³/mol. The molecule has 0 atom stereocenters. The first kappa shape index (κ1) is 21.3. The van der Waals surface area contributed by atoms with Crippen molar-refractivity contribution in [3.05, 3.63) is 88.1 Å². The number of nitrogens with zero attached hydrogens (tertiary/aromatic N) is 2. The molecule has 1 N–H and O–H groups in total. The minimum absolute atomic E-state index is 0.183. The van der Waals surface area contributed by atoms with Gasteiger partial charge in [0.05, 0.1) is 5.69 Å². The first-order valence-corrected chi connectivity index (χ1v) is 11.6. The lowest BCUT2D eigenvalue weighted by Gasteiger charge is -2.11. The Hall–Kier alpha value is -2.96. The Morgan fingerprint density at radius 3 is 2.23 bits per heavy atom. The van der Waals surface area contributed by atoms with Gasteiger partial charge < -0.3 is 0 Å². The quantitative estimate of drug-likeness (QED) is 0.365. The second-order valence-corrected chi connectivity index (χ2v) is 9.51. The monoisotopic (exact) mass is 445 g/mol. The Balaban J connectivity index is 1.55. The van der Waals surface area contributed by atoms with Gasteiger partial charge in [-0.2, -0.15) is 0 Å². The molecule has 2 aromatic heterocycles. The Bertz CT molecular complexity index is 1230. The van der Waals surface area contributed by atoms with Gasteiger partial charge in [0.15, 0.2) is 5.13 Å². The Morgan fingerprint density at radius 2 is 1.55 bits per heavy atom. The lowest BCUT2D eigenvalue weighted by atomic mass is 10.0. The topological polar surface area (TPSA) is 54.9 Å². The van der Waals surface area contributed by atoms with Gasteiger partial charge in [0, 0.05) is 38.7 Å². The Kier molecular flexibility index (Phi) is 6.20. The number of aromatic nitrogens is 2. The molecule has 1 amide bonds. The van der Waals surface area contributed by atoms with Crippen LogP contribution < -0.4 is 5.32 Å². The van der Waals surface area contributed by atoms with Crippen molar-refractivity contribution in [3.8, 4) is 11.3 Å². The first-order valence-electron chi connectivity index (χ1n) is 9.94. The van der Waals surface area contributed by atoms with Crippen molar-refractivity contribution in [3.63, 3.8) is 0 Å². The van der Waals surface area contributed by atoms with Gasteiger partial charge in [-0.05, 0) is 86.3 Å². The zero-order valence-corrected chi connectivity index (χ0v) is 19.5. The SMILES string of the molecule is Cc1ccc(Sc2cc(C)c(-c3csc(NC(=O)c4ccncc4)n3)c(C)c2)cc1C. The van der Waals surface area contributed by atoms with Crippen LogP contribution in [0.15, 0.2) is 70.0 Å². The minimum atomic E-state index is -0.183. The summed E-state index contributed by atoms with van der Waals surface area (Å²) in [6.45, 7) is 8.50. The van der Waals surface area contributed by atoms with Crippen LogP contribution in [0, 0.1) is 27.7 Å². The summed E-state index contributed by atoms with van der Waals surface area (Å²) in [6, 6.07) is 14.4. The van der Waals surface area contributed by atoms with Gasteiger partial charge in [0.25, 0.3) is 5.91 Å². The molecule has 0 fully saturated rings. The van der Waals surface area contributed by atoms with Crippen molar-refractivity contribution < 1.29 is 4.79 Å². The van der Waals surface area contributed by atoms with Crippen LogP contribution in [-0.4, -0.2) is 15.9 Å². The summed E-state index contributed by atoms with van der Waals surface area (Å²) in [6.07, 6.45) is 3.21. The fraction of sp³-hybridized carbons (Fsp3) is 0.160. The molecule has 0 aliphatic heterocycles. The number of aryl methyl sites for hydroxylation is 4. The highest BCUT2D eigenvalue weighted by atomic mass is 32.2. The minimum Gasteiger partial charge on any atom is -0.298 e. The van der Waals surface area contributed by atoms with Gasteiger partial charge in [-0.15, -0.1) is 11.3 Å². The lowest BCUT2D eigenvalue weighted by Crippen LogP contribution is -2.11. The molecule has 0 aliphatic carbocycles. The summed E-state index contributed by atoms with van der Waals surface area (Å²) in [4.78, 5) is 23.4. The van der Waals surface area contributed by atoms with Crippen LogP contribution in [0.5, 0.6) is 0 Å². The lowest BCUT2D eigenvalue weighted by molar-refractivity contribution is 0.102. The van der Waals surface area contributed by atoms with E-state index in [0.717, 1.165) is 11.3 Å². The number of hydrogen-bond donors (Lipinski definition) is 1. The first-order chi connectivity index (χ1) is 14.9.